The van der Waals surface area contributed by atoms with Crippen LogP contribution in [0.4, 0.5) is 11.4 Å². The molecule has 1 aromatic heterocycles. The number of nitro benzene ring substituents is 1. The first-order valence-electron chi connectivity index (χ1n) is 8.22. The smallest absolute Gasteiger partial charge is 0.311 e. The zero-order valence-corrected chi connectivity index (χ0v) is 14.3. The van der Waals surface area contributed by atoms with Crippen molar-refractivity contribution in [2.24, 2.45) is 0 Å². The summed E-state index contributed by atoms with van der Waals surface area (Å²) < 4.78 is 12.4. The quantitative estimate of drug-likeness (QED) is 0.606. The van der Waals surface area contributed by atoms with Gasteiger partial charge in [-0.25, -0.2) is 9.67 Å². The number of benzene rings is 1. The average molecular weight is 347 g/mol. The van der Waals surface area contributed by atoms with Crippen LogP contribution in [-0.2, 0) is 17.9 Å². The zero-order valence-electron chi connectivity index (χ0n) is 14.3. The van der Waals surface area contributed by atoms with Crippen molar-refractivity contribution < 1.29 is 14.4 Å². The third-order valence-electron chi connectivity index (χ3n) is 3.99. The lowest BCUT2D eigenvalue weighted by Gasteiger charge is -2.24. The molecular weight excluding hydrogens is 326 g/mol. The van der Waals surface area contributed by atoms with Crippen LogP contribution in [0.2, 0.25) is 0 Å². The second-order valence-electron chi connectivity index (χ2n) is 5.75. The zero-order chi connectivity index (χ0) is 17.8. The second kappa shape index (κ2) is 7.47. The SMILES string of the molecule is CCOc1cc(NC2CCCn3nc(COC)nc32)ccc1[N+](=O)[O-]. The summed E-state index contributed by atoms with van der Waals surface area (Å²) in [6.07, 6.45) is 1.89. The average Bonchev–Trinajstić information content (AvgIpc) is 2.99. The van der Waals surface area contributed by atoms with Crippen molar-refractivity contribution in [3.05, 3.63) is 40.0 Å². The summed E-state index contributed by atoms with van der Waals surface area (Å²) in [6.45, 7) is 3.36. The van der Waals surface area contributed by atoms with Gasteiger partial charge < -0.3 is 14.8 Å². The van der Waals surface area contributed by atoms with Crippen molar-refractivity contribution >= 4 is 11.4 Å². The molecule has 1 N–H and O–H groups in total. The minimum Gasteiger partial charge on any atom is -0.487 e. The Morgan fingerprint density at radius 3 is 3.04 bits per heavy atom. The molecule has 1 unspecified atom stereocenters. The number of aryl methyl sites for hydroxylation is 1. The lowest BCUT2D eigenvalue weighted by Crippen LogP contribution is -2.22. The fourth-order valence-corrected chi connectivity index (χ4v) is 2.95. The minimum absolute atomic E-state index is 0.0113. The van der Waals surface area contributed by atoms with E-state index in [-0.39, 0.29) is 17.5 Å². The molecule has 9 heteroatoms. The Hall–Kier alpha value is -2.68. The van der Waals surface area contributed by atoms with E-state index in [9.17, 15) is 10.1 Å². The highest BCUT2D eigenvalue weighted by Crippen LogP contribution is 2.33. The molecule has 3 rings (SSSR count). The number of aromatic nitrogens is 3. The summed E-state index contributed by atoms with van der Waals surface area (Å²) in [5, 5.41) is 18.9. The molecule has 0 bridgehead atoms. The Kier molecular flexibility index (Phi) is 5.13. The Balaban J connectivity index is 1.83. The summed E-state index contributed by atoms with van der Waals surface area (Å²) in [4.78, 5) is 15.2. The third-order valence-corrected chi connectivity index (χ3v) is 3.99. The standard InChI is InChI=1S/C16H21N5O4/c1-3-25-14-9-11(6-7-13(14)21(22)23)17-12-5-4-8-20-16(12)18-15(19-20)10-24-2/h6-7,9,12,17H,3-5,8,10H2,1-2H3. The molecular formula is C16H21N5O4. The van der Waals surface area contributed by atoms with Gasteiger partial charge in [-0.3, -0.25) is 10.1 Å². The maximum Gasteiger partial charge on any atom is 0.311 e. The molecule has 1 aromatic carbocycles. The highest BCUT2D eigenvalue weighted by atomic mass is 16.6. The van der Waals surface area contributed by atoms with Gasteiger partial charge in [0.15, 0.2) is 11.6 Å². The number of nitro groups is 1. The third kappa shape index (κ3) is 3.71. The van der Waals surface area contributed by atoms with E-state index in [4.69, 9.17) is 9.47 Å². The van der Waals surface area contributed by atoms with Crippen LogP contribution in [0.15, 0.2) is 18.2 Å². The number of rotatable bonds is 7. The number of anilines is 1. The van der Waals surface area contributed by atoms with E-state index in [1.54, 1.807) is 26.2 Å². The molecule has 9 nitrogen and oxygen atoms in total. The van der Waals surface area contributed by atoms with Crippen molar-refractivity contribution in [3.63, 3.8) is 0 Å². The van der Waals surface area contributed by atoms with Gasteiger partial charge in [0, 0.05) is 31.5 Å². The second-order valence-corrected chi connectivity index (χ2v) is 5.75. The fourth-order valence-electron chi connectivity index (χ4n) is 2.95. The highest BCUT2D eigenvalue weighted by Gasteiger charge is 2.25. The molecule has 0 radical (unpaired) electrons. The van der Waals surface area contributed by atoms with Crippen molar-refractivity contribution in [2.45, 2.75) is 39.0 Å². The molecule has 0 amide bonds. The number of fused-ring (bicyclic) bond motifs is 1. The van der Waals surface area contributed by atoms with Crippen LogP contribution in [0.25, 0.3) is 0 Å². The topological polar surface area (TPSA) is 104 Å². The van der Waals surface area contributed by atoms with E-state index < -0.39 is 4.92 Å². The summed E-state index contributed by atoms with van der Waals surface area (Å²) in [5.41, 5.74) is 0.713. The first-order valence-corrected chi connectivity index (χ1v) is 8.22. The van der Waals surface area contributed by atoms with Crippen molar-refractivity contribution in [2.75, 3.05) is 19.0 Å². The van der Waals surface area contributed by atoms with Gasteiger partial charge in [0.05, 0.1) is 17.6 Å². The summed E-state index contributed by atoms with van der Waals surface area (Å²) in [6, 6.07) is 4.79. The molecule has 0 spiro atoms. The lowest BCUT2D eigenvalue weighted by atomic mass is 10.1. The molecule has 2 heterocycles. The number of methoxy groups -OCH3 is 1. The maximum atomic E-state index is 11.1. The highest BCUT2D eigenvalue weighted by molar-refractivity contribution is 5.58. The monoisotopic (exact) mass is 347 g/mol. The van der Waals surface area contributed by atoms with Crippen LogP contribution < -0.4 is 10.1 Å². The van der Waals surface area contributed by atoms with Crippen LogP contribution in [0, 0.1) is 10.1 Å². The summed E-state index contributed by atoms with van der Waals surface area (Å²) in [5.74, 6) is 1.77. The van der Waals surface area contributed by atoms with E-state index in [2.05, 4.69) is 15.4 Å². The van der Waals surface area contributed by atoms with Crippen molar-refractivity contribution in [1.29, 1.82) is 0 Å². The minimum atomic E-state index is -0.441. The Morgan fingerprint density at radius 1 is 1.48 bits per heavy atom. The molecule has 0 fully saturated rings. The molecule has 1 aliphatic rings. The van der Waals surface area contributed by atoms with Gasteiger partial charge in [0.1, 0.15) is 12.4 Å². The van der Waals surface area contributed by atoms with Crippen LogP contribution >= 0.6 is 0 Å². The van der Waals surface area contributed by atoms with Crippen LogP contribution in [0.1, 0.15) is 37.5 Å². The molecule has 25 heavy (non-hydrogen) atoms. The normalized spacial score (nSPS) is 16.3. The van der Waals surface area contributed by atoms with Gasteiger partial charge in [-0.15, -0.1) is 0 Å². The van der Waals surface area contributed by atoms with E-state index in [0.29, 0.717) is 19.0 Å². The molecule has 0 aliphatic carbocycles. The molecule has 1 atom stereocenters. The van der Waals surface area contributed by atoms with Gasteiger partial charge in [0.25, 0.3) is 0 Å². The predicted molar refractivity (Wildman–Crippen MR) is 90.6 cm³/mol. The first-order chi connectivity index (χ1) is 12.1. The number of hydrogen-bond donors (Lipinski definition) is 1. The van der Waals surface area contributed by atoms with Crippen LogP contribution in [-0.4, -0.2) is 33.4 Å². The Bertz CT molecular complexity index is 761. The summed E-state index contributed by atoms with van der Waals surface area (Å²) in [7, 11) is 1.61. The van der Waals surface area contributed by atoms with E-state index >= 15 is 0 Å². The Labute approximate surface area is 145 Å². The van der Waals surface area contributed by atoms with E-state index in [1.165, 1.54) is 6.07 Å². The van der Waals surface area contributed by atoms with Gasteiger partial charge in [-0.1, -0.05) is 0 Å². The number of nitrogens with zero attached hydrogens (tertiary/aromatic N) is 4. The van der Waals surface area contributed by atoms with Gasteiger partial charge in [-0.05, 0) is 25.8 Å². The largest absolute Gasteiger partial charge is 0.487 e. The van der Waals surface area contributed by atoms with Gasteiger partial charge in [-0.2, -0.15) is 5.10 Å². The lowest BCUT2D eigenvalue weighted by molar-refractivity contribution is -0.385. The van der Waals surface area contributed by atoms with Gasteiger partial charge in [0.2, 0.25) is 0 Å². The first kappa shape index (κ1) is 17.2. The maximum absolute atomic E-state index is 11.1. The molecule has 1 aliphatic heterocycles. The van der Waals surface area contributed by atoms with Crippen molar-refractivity contribution in [1.82, 2.24) is 14.8 Å². The van der Waals surface area contributed by atoms with E-state index in [1.807, 2.05) is 4.68 Å². The van der Waals surface area contributed by atoms with E-state index in [0.717, 1.165) is 30.9 Å². The van der Waals surface area contributed by atoms with Crippen LogP contribution in [0.3, 0.4) is 0 Å². The number of nitrogens with one attached hydrogen (secondary N) is 1. The summed E-state index contributed by atoms with van der Waals surface area (Å²) >= 11 is 0. The Morgan fingerprint density at radius 2 is 2.32 bits per heavy atom. The molecule has 0 saturated heterocycles. The van der Waals surface area contributed by atoms with Gasteiger partial charge >= 0.3 is 5.69 Å². The van der Waals surface area contributed by atoms with Crippen LogP contribution in [0.5, 0.6) is 5.75 Å². The fraction of sp³-hybridized carbons (Fsp3) is 0.500. The molecule has 134 valence electrons. The molecule has 0 saturated carbocycles. The molecule has 2 aromatic rings. The number of hydrogen-bond acceptors (Lipinski definition) is 7. The predicted octanol–water partition coefficient (Wildman–Crippen LogP) is 2.68. The number of ether oxygens (including phenoxy) is 2. The van der Waals surface area contributed by atoms with Crippen molar-refractivity contribution in [3.8, 4) is 5.75 Å².